The number of para-hydroxylation sites is 1. The lowest BCUT2D eigenvalue weighted by atomic mass is 9.98. The number of hydrogen-bond acceptors (Lipinski definition) is 5. The van der Waals surface area contributed by atoms with Crippen molar-refractivity contribution >= 4 is 26.7 Å². The molecule has 9 heteroatoms. The quantitative estimate of drug-likeness (QED) is 0.445. The number of aromatic nitrogens is 2. The molecule has 2 heterocycles. The first-order valence-corrected chi connectivity index (χ1v) is 12.3. The van der Waals surface area contributed by atoms with Gasteiger partial charge in [-0.1, -0.05) is 24.3 Å². The van der Waals surface area contributed by atoms with Crippen LogP contribution in [0.5, 0.6) is 0 Å². The maximum absolute atomic E-state index is 12.3. The summed E-state index contributed by atoms with van der Waals surface area (Å²) in [5.41, 5.74) is 3.74. The predicted molar refractivity (Wildman–Crippen MR) is 122 cm³/mol. The average Bonchev–Trinajstić information content (AvgIpc) is 2.95. The SMILES string of the molecule is CC(CCc1cccc(NS(C)(=O)=O)c1)NC1CCn2c(=O)[nH]c3cccc(c32)C1O. The minimum Gasteiger partial charge on any atom is -0.387 e. The van der Waals surface area contributed by atoms with Crippen molar-refractivity contribution in [2.24, 2.45) is 0 Å². The Morgan fingerprint density at radius 1 is 1.26 bits per heavy atom. The number of hydrogen-bond donors (Lipinski definition) is 4. The molecule has 3 atom stereocenters. The van der Waals surface area contributed by atoms with Crippen LogP contribution >= 0.6 is 0 Å². The molecule has 0 bridgehead atoms. The van der Waals surface area contributed by atoms with E-state index in [1.807, 2.05) is 36.4 Å². The van der Waals surface area contributed by atoms with Crippen molar-refractivity contribution in [1.29, 1.82) is 0 Å². The van der Waals surface area contributed by atoms with E-state index >= 15 is 0 Å². The lowest BCUT2D eigenvalue weighted by Gasteiger charge is -2.26. The standard InChI is InChI=1S/C22H28N4O4S/c1-14(9-10-15-5-3-6-16(13-15)25-31(2,29)30)23-19-11-12-26-20-17(21(19)27)7-4-8-18(20)24-22(26)28/h3-8,13-14,19,21,23,25,27H,9-12H2,1-2H3,(H,24,28). The molecule has 3 aromatic rings. The molecule has 8 nitrogen and oxygen atoms in total. The van der Waals surface area contributed by atoms with Gasteiger partial charge in [0.05, 0.1) is 23.4 Å². The van der Waals surface area contributed by atoms with Crippen molar-refractivity contribution in [3.63, 3.8) is 0 Å². The van der Waals surface area contributed by atoms with E-state index in [1.54, 1.807) is 10.6 Å². The zero-order valence-corrected chi connectivity index (χ0v) is 18.4. The number of H-pyrrole nitrogens is 1. The summed E-state index contributed by atoms with van der Waals surface area (Å²) in [5, 5.41) is 14.6. The number of nitrogens with zero attached hydrogens (tertiary/aromatic N) is 1. The number of aliphatic hydroxyl groups excluding tert-OH is 1. The average molecular weight is 445 g/mol. The highest BCUT2D eigenvalue weighted by molar-refractivity contribution is 7.92. The summed E-state index contributed by atoms with van der Waals surface area (Å²) >= 11 is 0. The normalized spacial score (nSPS) is 19.8. The number of sulfonamides is 1. The molecule has 1 aliphatic heterocycles. The minimum absolute atomic E-state index is 0.126. The molecule has 0 fully saturated rings. The molecule has 0 aliphatic carbocycles. The predicted octanol–water partition coefficient (Wildman–Crippen LogP) is 2.12. The van der Waals surface area contributed by atoms with Gasteiger partial charge in [0.25, 0.3) is 0 Å². The van der Waals surface area contributed by atoms with Crippen molar-refractivity contribution in [3.8, 4) is 0 Å². The van der Waals surface area contributed by atoms with Gasteiger partial charge < -0.3 is 15.4 Å². The highest BCUT2D eigenvalue weighted by atomic mass is 32.2. The summed E-state index contributed by atoms with van der Waals surface area (Å²) in [4.78, 5) is 15.1. The highest BCUT2D eigenvalue weighted by Crippen LogP contribution is 2.30. The van der Waals surface area contributed by atoms with Gasteiger partial charge in [0.2, 0.25) is 10.0 Å². The fourth-order valence-corrected chi connectivity index (χ4v) is 4.91. The second-order valence-corrected chi connectivity index (χ2v) is 10.1. The summed E-state index contributed by atoms with van der Waals surface area (Å²) in [6.07, 6.45) is 2.65. The second kappa shape index (κ2) is 8.49. The fourth-order valence-electron chi connectivity index (χ4n) is 4.35. The van der Waals surface area contributed by atoms with Crippen LogP contribution in [0.15, 0.2) is 47.3 Å². The van der Waals surface area contributed by atoms with Crippen molar-refractivity contribution in [1.82, 2.24) is 14.9 Å². The van der Waals surface area contributed by atoms with Crippen LogP contribution in [0.25, 0.3) is 11.0 Å². The first-order valence-electron chi connectivity index (χ1n) is 10.4. The minimum atomic E-state index is -3.31. The molecule has 0 radical (unpaired) electrons. The lowest BCUT2D eigenvalue weighted by Crippen LogP contribution is -2.41. The molecule has 0 saturated heterocycles. The Labute approximate surface area is 181 Å². The van der Waals surface area contributed by atoms with Crippen LogP contribution in [-0.2, 0) is 23.0 Å². The van der Waals surface area contributed by atoms with E-state index in [2.05, 4.69) is 21.9 Å². The van der Waals surface area contributed by atoms with Gasteiger partial charge in [0.1, 0.15) is 0 Å². The van der Waals surface area contributed by atoms with E-state index < -0.39 is 16.1 Å². The van der Waals surface area contributed by atoms with Gasteiger partial charge in [-0.25, -0.2) is 13.2 Å². The third-order valence-corrected chi connectivity index (χ3v) is 6.39. The molecule has 4 N–H and O–H groups in total. The number of aromatic amines is 1. The molecular weight excluding hydrogens is 416 g/mol. The number of benzene rings is 2. The van der Waals surface area contributed by atoms with E-state index in [0.717, 1.165) is 41.3 Å². The maximum Gasteiger partial charge on any atom is 0.326 e. The van der Waals surface area contributed by atoms with Gasteiger partial charge >= 0.3 is 5.69 Å². The summed E-state index contributed by atoms with van der Waals surface area (Å²) in [5.74, 6) is 0. The van der Waals surface area contributed by atoms with Gasteiger partial charge in [-0.05, 0) is 49.9 Å². The third-order valence-electron chi connectivity index (χ3n) is 5.78. The summed E-state index contributed by atoms with van der Waals surface area (Å²) in [7, 11) is -3.31. The van der Waals surface area contributed by atoms with Crippen LogP contribution in [-0.4, -0.2) is 41.4 Å². The smallest absolute Gasteiger partial charge is 0.326 e. The van der Waals surface area contributed by atoms with Gasteiger partial charge in [0, 0.05) is 29.9 Å². The fraction of sp³-hybridized carbons (Fsp3) is 0.409. The number of imidazole rings is 1. The van der Waals surface area contributed by atoms with Crippen molar-refractivity contribution < 1.29 is 13.5 Å². The highest BCUT2D eigenvalue weighted by Gasteiger charge is 2.29. The lowest BCUT2D eigenvalue weighted by molar-refractivity contribution is 0.119. The zero-order valence-electron chi connectivity index (χ0n) is 17.6. The van der Waals surface area contributed by atoms with Crippen LogP contribution < -0.4 is 15.7 Å². The second-order valence-electron chi connectivity index (χ2n) is 8.35. The Balaban J connectivity index is 1.42. The van der Waals surface area contributed by atoms with E-state index in [1.165, 1.54) is 0 Å². The summed E-state index contributed by atoms with van der Waals surface area (Å²) in [6, 6.07) is 12.9. The van der Waals surface area contributed by atoms with E-state index in [9.17, 15) is 18.3 Å². The Morgan fingerprint density at radius 3 is 2.81 bits per heavy atom. The molecule has 0 spiro atoms. The first-order chi connectivity index (χ1) is 14.7. The van der Waals surface area contributed by atoms with Crippen LogP contribution in [0, 0.1) is 0 Å². The van der Waals surface area contributed by atoms with Crippen LogP contribution in [0.2, 0.25) is 0 Å². The van der Waals surface area contributed by atoms with Crippen molar-refractivity contribution in [2.75, 3.05) is 11.0 Å². The topological polar surface area (TPSA) is 116 Å². The number of nitrogens with one attached hydrogen (secondary N) is 3. The van der Waals surface area contributed by atoms with Crippen LogP contribution in [0.1, 0.15) is 37.0 Å². The Kier molecular flexibility index (Phi) is 5.92. The molecular formula is C22H28N4O4S. The van der Waals surface area contributed by atoms with E-state index in [-0.39, 0.29) is 17.8 Å². The largest absolute Gasteiger partial charge is 0.387 e. The van der Waals surface area contributed by atoms with Gasteiger partial charge in [0.15, 0.2) is 0 Å². The molecule has 4 rings (SSSR count). The number of aryl methyl sites for hydroxylation is 2. The maximum atomic E-state index is 12.3. The molecule has 0 amide bonds. The zero-order chi connectivity index (χ0) is 22.2. The van der Waals surface area contributed by atoms with E-state index in [4.69, 9.17) is 0 Å². The van der Waals surface area contributed by atoms with Gasteiger partial charge in [-0.2, -0.15) is 0 Å². The number of anilines is 1. The Bertz CT molecular complexity index is 1250. The monoisotopic (exact) mass is 444 g/mol. The molecule has 1 aliphatic rings. The Hall–Kier alpha value is -2.62. The Morgan fingerprint density at radius 2 is 2.03 bits per heavy atom. The van der Waals surface area contributed by atoms with Crippen LogP contribution in [0.3, 0.4) is 0 Å². The number of aliphatic hydroxyl groups is 1. The summed E-state index contributed by atoms with van der Waals surface area (Å²) < 4.78 is 27.1. The molecule has 2 aromatic carbocycles. The van der Waals surface area contributed by atoms with Gasteiger partial charge in [-0.15, -0.1) is 0 Å². The van der Waals surface area contributed by atoms with Crippen molar-refractivity contribution in [2.45, 2.75) is 50.9 Å². The molecule has 1 aromatic heterocycles. The van der Waals surface area contributed by atoms with Crippen LogP contribution in [0.4, 0.5) is 5.69 Å². The summed E-state index contributed by atoms with van der Waals surface area (Å²) in [6.45, 7) is 2.61. The first kappa shape index (κ1) is 21.6. The molecule has 31 heavy (non-hydrogen) atoms. The number of rotatable bonds is 7. The van der Waals surface area contributed by atoms with Crippen molar-refractivity contribution in [3.05, 3.63) is 64.1 Å². The molecule has 0 saturated carbocycles. The molecule has 3 unspecified atom stereocenters. The third kappa shape index (κ3) is 4.84. The van der Waals surface area contributed by atoms with E-state index in [0.29, 0.717) is 18.7 Å². The molecule has 166 valence electrons. The van der Waals surface area contributed by atoms with Gasteiger partial charge in [-0.3, -0.25) is 9.29 Å².